The van der Waals surface area contributed by atoms with Crippen molar-refractivity contribution >= 4 is 11.8 Å². The molecule has 2 aliphatic rings. The Bertz CT molecular complexity index is 958. The number of likely N-dealkylation sites (tertiary alicyclic amines) is 1. The van der Waals surface area contributed by atoms with Crippen LogP contribution in [0.1, 0.15) is 76.8 Å². The van der Waals surface area contributed by atoms with E-state index in [0.29, 0.717) is 5.75 Å². The normalized spacial score (nSPS) is 20.5. The molecule has 1 aromatic heterocycles. The molecule has 4 rings (SSSR count). The third-order valence-corrected chi connectivity index (χ3v) is 7.39. The van der Waals surface area contributed by atoms with Crippen LogP contribution in [-0.4, -0.2) is 34.3 Å². The number of carbonyl (C=O) groups is 2. The van der Waals surface area contributed by atoms with Crippen LogP contribution in [0.25, 0.3) is 0 Å². The van der Waals surface area contributed by atoms with Gasteiger partial charge in [0.15, 0.2) is 0 Å². The summed E-state index contributed by atoms with van der Waals surface area (Å²) >= 11 is 0. The predicted octanol–water partition coefficient (Wildman–Crippen LogP) is 5.65. The van der Waals surface area contributed by atoms with Gasteiger partial charge in [-0.15, -0.1) is 0 Å². The number of amides is 2. The maximum atomic E-state index is 13.9. The second-order valence-electron chi connectivity index (χ2n) is 9.75. The van der Waals surface area contributed by atoms with Crippen LogP contribution in [0.4, 0.5) is 0 Å². The molecule has 1 aliphatic carbocycles. The van der Waals surface area contributed by atoms with Crippen molar-refractivity contribution in [3.05, 3.63) is 54.4 Å². The lowest BCUT2D eigenvalue weighted by Gasteiger charge is -2.35. The molecule has 0 bridgehead atoms. The summed E-state index contributed by atoms with van der Waals surface area (Å²) in [7, 11) is 0. The Morgan fingerprint density at radius 3 is 2.62 bits per heavy atom. The summed E-state index contributed by atoms with van der Waals surface area (Å²) in [6.45, 7) is 4.67. The van der Waals surface area contributed by atoms with E-state index >= 15 is 0 Å². The zero-order valence-electron chi connectivity index (χ0n) is 20.4. The smallest absolute Gasteiger partial charge is 0.245 e. The number of benzene rings is 1. The van der Waals surface area contributed by atoms with Gasteiger partial charge >= 0.3 is 0 Å². The van der Waals surface area contributed by atoms with Crippen molar-refractivity contribution in [3.63, 3.8) is 0 Å². The maximum Gasteiger partial charge on any atom is 0.245 e. The molecule has 0 unspecified atom stereocenters. The van der Waals surface area contributed by atoms with E-state index in [1.54, 1.807) is 12.4 Å². The van der Waals surface area contributed by atoms with E-state index in [2.05, 4.69) is 16.4 Å². The van der Waals surface area contributed by atoms with Crippen molar-refractivity contribution in [1.29, 1.82) is 0 Å². The second kappa shape index (κ2) is 11.5. The van der Waals surface area contributed by atoms with Gasteiger partial charge in [0, 0.05) is 18.7 Å². The molecule has 182 valence electrons. The lowest BCUT2D eigenvalue weighted by Crippen LogP contribution is -2.53. The molecule has 1 aliphatic heterocycles. The highest BCUT2D eigenvalue weighted by Crippen LogP contribution is 2.36. The van der Waals surface area contributed by atoms with Gasteiger partial charge in [-0.25, -0.2) is 0 Å². The third kappa shape index (κ3) is 5.78. The predicted molar refractivity (Wildman–Crippen MR) is 132 cm³/mol. The topological polar surface area (TPSA) is 71.5 Å². The van der Waals surface area contributed by atoms with Crippen molar-refractivity contribution in [1.82, 2.24) is 15.2 Å². The molecule has 3 atom stereocenters. The largest absolute Gasteiger partial charge is 0.456 e. The molecule has 2 amide bonds. The average Bonchev–Trinajstić information content (AvgIpc) is 3.38. The highest BCUT2D eigenvalue weighted by molar-refractivity contribution is 5.89. The minimum Gasteiger partial charge on any atom is -0.456 e. The first-order valence-corrected chi connectivity index (χ1v) is 12.9. The minimum atomic E-state index is -0.433. The summed E-state index contributed by atoms with van der Waals surface area (Å²) in [5, 5.41) is 3.17. The number of aromatic nitrogens is 1. The molecule has 1 saturated carbocycles. The van der Waals surface area contributed by atoms with Crippen molar-refractivity contribution in [3.8, 4) is 11.5 Å². The lowest BCUT2D eigenvalue weighted by molar-refractivity contribution is -0.140. The lowest BCUT2D eigenvalue weighted by atomic mass is 9.83. The Morgan fingerprint density at radius 1 is 1.09 bits per heavy atom. The van der Waals surface area contributed by atoms with Crippen LogP contribution in [0.5, 0.6) is 11.5 Å². The number of carbonyl (C=O) groups excluding carboxylic acids is 2. The summed E-state index contributed by atoms with van der Waals surface area (Å²) in [4.78, 5) is 32.8. The first kappa shape index (κ1) is 24.2. The van der Waals surface area contributed by atoms with Gasteiger partial charge in [0.1, 0.15) is 17.5 Å². The molecule has 34 heavy (non-hydrogen) atoms. The van der Waals surface area contributed by atoms with Crippen LogP contribution in [0.15, 0.2) is 48.8 Å². The Hall–Kier alpha value is -2.89. The van der Waals surface area contributed by atoms with Gasteiger partial charge in [0.05, 0.1) is 12.2 Å². The maximum absolute atomic E-state index is 13.9. The number of hydrogen-bond donors (Lipinski definition) is 1. The Labute approximate surface area is 203 Å². The number of ether oxygens (including phenoxy) is 1. The fourth-order valence-corrected chi connectivity index (χ4v) is 5.21. The number of nitrogens with zero attached hydrogens (tertiary/aromatic N) is 2. The molecular weight excluding hydrogens is 426 g/mol. The zero-order chi connectivity index (χ0) is 23.9. The number of nitrogens with one attached hydrogen (secondary N) is 1. The van der Waals surface area contributed by atoms with Crippen LogP contribution in [-0.2, 0) is 9.59 Å². The summed E-state index contributed by atoms with van der Waals surface area (Å²) < 4.78 is 5.99. The molecule has 2 aromatic rings. The van der Waals surface area contributed by atoms with Crippen molar-refractivity contribution in [2.24, 2.45) is 11.8 Å². The monoisotopic (exact) mass is 463 g/mol. The summed E-state index contributed by atoms with van der Waals surface area (Å²) in [6.07, 6.45) is 11.5. The van der Waals surface area contributed by atoms with E-state index in [4.69, 9.17) is 4.74 Å². The first-order valence-electron chi connectivity index (χ1n) is 12.9. The SMILES string of the molecule is CC[C@@H](C)C(=O)N[C@H](C(=O)N1CCC[C@H]1c1cccc(Oc2cccnc2)c1)C1CCCCC1. The van der Waals surface area contributed by atoms with E-state index in [9.17, 15) is 9.59 Å². The van der Waals surface area contributed by atoms with E-state index < -0.39 is 6.04 Å². The number of rotatable bonds is 8. The third-order valence-electron chi connectivity index (χ3n) is 7.39. The molecule has 0 radical (unpaired) electrons. The fraction of sp³-hybridized carbons (Fsp3) is 0.536. The molecule has 1 aromatic carbocycles. The van der Waals surface area contributed by atoms with Gasteiger partial charge in [-0.1, -0.05) is 45.2 Å². The number of pyridine rings is 1. The van der Waals surface area contributed by atoms with Crippen molar-refractivity contribution < 1.29 is 14.3 Å². The van der Waals surface area contributed by atoms with Gasteiger partial charge in [-0.05, 0) is 67.9 Å². The van der Waals surface area contributed by atoms with Crippen LogP contribution in [0, 0.1) is 11.8 Å². The second-order valence-corrected chi connectivity index (χ2v) is 9.75. The van der Waals surface area contributed by atoms with E-state index in [1.165, 1.54) is 6.42 Å². The van der Waals surface area contributed by atoms with Gasteiger partial charge in [-0.3, -0.25) is 14.6 Å². The van der Waals surface area contributed by atoms with Gasteiger partial charge < -0.3 is 15.0 Å². The van der Waals surface area contributed by atoms with Crippen LogP contribution < -0.4 is 10.1 Å². The van der Waals surface area contributed by atoms with E-state index in [-0.39, 0.29) is 29.7 Å². The van der Waals surface area contributed by atoms with E-state index in [1.807, 2.05) is 49.1 Å². The fourth-order valence-electron chi connectivity index (χ4n) is 5.21. The van der Waals surface area contributed by atoms with Crippen LogP contribution in [0.3, 0.4) is 0 Å². The van der Waals surface area contributed by atoms with E-state index in [0.717, 1.165) is 62.8 Å². The molecule has 6 nitrogen and oxygen atoms in total. The Kier molecular flexibility index (Phi) is 8.20. The van der Waals surface area contributed by atoms with Crippen LogP contribution >= 0.6 is 0 Å². The Balaban J connectivity index is 1.53. The van der Waals surface area contributed by atoms with Crippen LogP contribution in [0.2, 0.25) is 0 Å². The van der Waals surface area contributed by atoms with Crippen molar-refractivity contribution in [2.45, 2.75) is 77.3 Å². The van der Waals surface area contributed by atoms with Crippen molar-refractivity contribution in [2.75, 3.05) is 6.54 Å². The molecular formula is C28H37N3O3. The molecule has 1 saturated heterocycles. The summed E-state index contributed by atoms with van der Waals surface area (Å²) in [5.41, 5.74) is 1.07. The highest BCUT2D eigenvalue weighted by Gasteiger charge is 2.39. The van der Waals surface area contributed by atoms with Gasteiger partial charge in [0.25, 0.3) is 0 Å². The highest BCUT2D eigenvalue weighted by atomic mass is 16.5. The molecule has 1 N–H and O–H groups in total. The molecule has 2 fully saturated rings. The van der Waals surface area contributed by atoms with Gasteiger partial charge in [-0.2, -0.15) is 0 Å². The Morgan fingerprint density at radius 2 is 1.88 bits per heavy atom. The number of hydrogen-bond acceptors (Lipinski definition) is 4. The summed E-state index contributed by atoms with van der Waals surface area (Å²) in [6, 6.07) is 11.3. The molecule has 0 spiro atoms. The molecule has 6 heteroatoms. The quantitative estimate of drug-likeness (QED) is 0.549. The standard InChI is InChI=1S/C28H37N3O3/c1-3-20(2)27(32)30-26(21-10-5-4-6-11-21)28(33)31-17-9-15-25(31)22-12-7-13-23(18-22)34-24-14-8-16-29-19-24/h7-8,12-14,16,18-21,25-26H,3-6,9-11,15,17H2,1-2H3,(H,30,32)/t20-,25+,26+/m1/s1. The molecule has 2 heterocycles. The zero-order valence-corrected chi connectivity index (χ0v) is 20.4. The first-order chi connectivity index (χ1) is 16.6. The summed E-state index contributed by atoms with van der Waals surface area (Å²) in [5.74, 6) is 1.62. The minimum absolute atomic E-state index is 0.00320. The average molecular weight is 464 g/mol. The van der Waals surface area contributed by atoms with Gasteiger partial charge in [0.2, 0.25) is 11.8 Å².